The summed E-state index contributed by atoms with van der Waals surface area (Å²) in [6.45, 7) is 1.57. The van der Waals surface area contributed by atoms with Crippen molar-refractivity contribution < 1.29 is 29.6 Å². The molecule has 6 nitrogen and oxygen atoms in total. The van der Waals surface area contributed by atoms with Crippen molar-refractivity contribution in [3.05, 3.63) is 28.3 Å². The fourth-order valence-electron chi connectivity index (χ4n) is 1.48. The zero-order valence-corrected chi connectivity index (χ0v) is 10.8. The minimum Gasteiger partial charge on any atom is -0.507 e. The average Bonchev–Trinajstić information content (AvgIpc) is 2.39. The summed E-state index contributed by atoms with van der Waals surface area (Å²) in [5, 5.41) is 29.2. The van der Waals surface area contributed by atoms with E-state index in [2.05, 4.69) is 4.74 Å². The number of aliphatic hydroxyl groups is 2. The minimum atomic E-state index is -1.89. The molecule has 0 heterocycles. The highest BCUT2D eigenvalue weighted by molar-refractivity contribution is 6.31. The first kappa shape index (κ1) is 15.4. The van der Waals surface area contributed by atoms with E-state index in [0.717, 1.165) is 6.07 Å². The molecule has 0 saturated heterocycles. The Kier molecular flexibility index (Phi) is 5.29. The quantitative estimate of drug-likeness (QED) is 0.547. The largest absolute Gasteiger partial charge is 0.507 e. The van der Waals surface area contributed by atoms with Crippen LogP contribution >= 0.6 is 11.6 Å². The predicted molar refractivity (Wildman–Crippen MR) is 66.1 cm³/mol. The summed E-state index contributed by atoms with van der Waals surface area (Å²) in [4.78, 5) is 22.0. The van der Waals surface area contributed by atoms with Crippen molar-refractivity contribution in [2.75, 3.05) is 6.61 Å². The topological polar surface area (TPSA) is 104 Å². The molecule has 0 aliphatic carbocycles. The van der Waals surface area contributed by atoms with Gasteiger partial charge in [-0.2, -0.15) is 0 Å². The molecule has 0 aliphatic heterocycles. The molecule has 19 heavy (non-hydrogen) atoms. The molecule has 0 amide bonds. The first-order valence-corrected chi connectivity index (χ1v) is 5.80. The van der Waals surface area contributed by atoms with E-state index in [1.165, 1.54) is 6.07 Å². The number of halogens is 1. The lowest BCUT2D eigenvalue weighted by Crippen LogP contribution is -2.30. The molecule has 0 aromatic heterocycles. The van der Waals surface area contributed by atoms with E-state index in [9.17, 15) is 24.9 Å². The lowest BCUT2D eigenvalue weighted by Gasteiger charge is -2.18. The molecule has 0 spiro atoms. The molecule has 0 radical (unpaired) electrons. The number of phenolic OH excluding ortho intramolecular Hbond substituents is 1. The number of benzene rings is 1. The molecule has 0 bridgehead atoms. The van der Waals surface area contributed by atoms with Crippen LogP contribution in [-0.2, 0) is 9.53 Å². The molecule has 0 saturated carbocycles. The molecule has 1 rings (SSSR count). The normalized spacial score (nSPS) is 13.7. The number of aldehydes is 1. The maximum Gasteiger partial charge on any atom is 0.338 e. The van der Waals surface area contributed by atoms with Gasteiger partial charge in [0.1, 0.15) is 11.9 Å². The fraction of sp³-hybridized carbons (Fsp3) is 0.333. The molecule has 3 N–H and O–H groups in total. The van der Waals surface area contributed by atoms with E-state index >= 15 is 0 Å². The van der Waals surface area contributed by atoms with E-state index in [1.807, 2.05) is 0 Å². The van der Waals surface area contributed by atoms with Crippen molar-refractivity contribution >= 4 is 23.9 Å². The maximum absolute atomic E-state index is 11.3. The molecule has 1 aromatic rings. The highest BCUT2D eigenvalue weighted by atomic mass is 35.5. The molecule has 7 heteroatoms. The first-order valence-electron chi connectivity index (χ1n) is 5.42. The number of carbonyl (C=O) groups excluding carboxylic acids is 2. The van der Waals surface area contributed by atoms with Crippen molar-refractivity contribution in [3.8, 4) is 5.75 Å². The number of esters is 1. The van der Waals surface area contributed by atoms with E-state index in [0.29, 0.717) is 6.29 Å². The first-order chi connectivity index (χ1) is 8.92. The van der Waals surface area contributed by atoms with Crippen LogP contribution in [0, 0.1) is 0 Å². The van der Waals surface area contributed by atoms with Gasteiger partial charge in [-0.25, -0.2) is 4.79 Å². The fourth-order valence-corrected chi connectivity index (χ4v) is 1.72. The standard InChI is InChI=1S/C12H13ClO6/c1-2-19-12(18)11(17)10(16)8-4-7(13)3-6(5-14)9(8)15/h3-5,10-11,15-17H,2H2,1H3. The Hall–Kier alpha value is -1.63. The lowest BCUT2D eigenvalue weighted by atomic mass is 10.0. The monoisotopic (exact) mass is 288 g/mol. The Morgan fingerprint density at radius 2 is 2.11 bits per heavy atom. The minimum absolute atomic E-state index is 0.0315. The SMILES string of the molecule is CCOC(=O)C(O)C(O)c1cc(Cl)cc(C=O)c1O. The second kappa shape index (κ2) is 6.51. The van der Waals surface area contributed by atoms with Gasteiger partial charge in [-0.05, 0) is 19.1 Å². The van der Waals surface area contributed by atoms with Crippen LogP contribution in [0.15, 0.2) is 12.1 Å². The van der Waals surface area contributed by atoms with Crippen LogP contribution < -0.4 is 0 Å². The van der Waals surface area contributed by atoms with Crippen LogP contribution in [0.2, 0.25) is 5.02 Å². The highest BCUT2D eigenvalue weighted by Gasteiger charge is 2.30. The maximum atomic E-state index is 11.3. The van der Waals surface area contributed by atoms with Gasteiger partial charge in [0.05, 0.1) is 12.2 Å². The van der Waals surface area contributed by atoms with E-state index in [1.54, 1.807) is 6.92 Å². The van der Waals surface area contributed by atoms with Gasteiger partial charge < -0.3 is 20.1 Å². The van der Waals surface area contributed by atoms with E-state index < -0.39 is 23.9 Å². The Bertz CT molecular complexity index is 487. The van der Waals surface area contributed by atoms with Crippen LogP contribution in [-0.4, -0.2) is 40.3 Å². The zero-order valence-electron chi connectivity index (χ0n) is 10.0. The van der Waals surface area contributed by atoms with E-state index in [4.69, 9.17) is 11.6 Å². The van der Waals surface area contributed by atoms with Gasteiger partial charge in [0.2, 0.25) is 0 Å². The summed E-state index contributed by atoms with van der Waals surface area (Å²) in [6, 6.07) is 2.34. The van der Waals surface area contributed by atoms with Gasteiger partial charge in [0.15, 0.2) is 12.4 Å². The second-order valence-corrected chi connectivity index (χ2v) is 4.13. The van der Waals surface area contributed by atoms with Crippen molar-refractivity contribution in [3.63, 3.8) is 0 Å². The number of aromatic hydroxyl groups is 1. The van der Waals surface area contributed by atoms with Crippen molar-refractivity contribution in [2.24, 2.45) is 0 Å². The third-order valence-electron chi connectivity index (χ3n) is 2.41. The summed E-state index contributed by atoms with van der Waals surface area (Å²) < 4.78 is 4.54. The second-order valence-electron chi connectivity index (χ2n) is 3.69. The summed E-state index contributed by atoms with van der Waals surface area (Å²) >= 11 is 5.71. The molecule has 104 valence electrons. The Morgan fingerprint density at radius 3 is 2.63 bits per heavy atom. The number of hydrogen-bond donors (Lipinski definition) is 3. The third-order valence-corrected chi connectivity index (χ3v) is 2.62. The Balaban J connectivity index is 3.12. The van der Waals surface area contributed by atoms with Gasteiger partial charge in [-0.1, -0.05) is 11.6 Å². The predicted octanol–water partition coefficient (Wildman–Crippen LogP) is 0.815. The van der Waals surface area contributed by atoms with Crippen molar-refractivity contribution in [2.45, 2.75) is 19.1 Å². The molecule has 1 aromatic carbocycles. The molecular weight excluding hydrogens is 276 g/mol. The third kappa shape index (κ3) is 3.44. The molecule has 2 unspecified atom stereocenters. The van der Waals surface area contributed by atoms with Crippen molar-refractivity contribution in [1.82, 2.24) is 0 Å². The van der Waals surface area contributed by atoms with Crippen molar-refractivity contribution in [1.29, 1.82) is 0 Å². The molecule has 0 fully saturated rings. The van der Waals surface area contributed by atoms with Gasteiger partial charge in [-0.15, -0.1) is 0 Å². The molecule has 0 aliphatic rings. The average molecular weight is 289 g/mol. The summed E-state index contributed by atoms with van der Waals surface area (Å²) in [6.07, 6.45) is -3.30. The number of rotatable bonds is 5. The number of ether oxygens (including phenoxy) is 1. The Morgan fingerprint density at radius 1 is 1.47 bits per heavy atom. The lowest BCUT2D eigenvalue weighted by molar-refractivity contribution is -0.159. The van der Waals surface area contributed by atoms with Gasteiger partial charge in [0.25, 0.3) is 0 Å². The molecule has 2 atom stereocenters. The van der Waals surface area contributed by atoms with Crippen LogP contribution in [0.25, 0.3) is 0 Å². The number of hydrogen-bond acceptors (Lipinski definition) is 6. The van der Waals surface area contributed by atoms with Crippen LogP contribution in [0.5, 0.6) is 5.75 Å². The van der Waals surface area contributed by atoms with E-state index in [-0.39, 0.29) is 22.8 Å². The van der Waals surface area contributed by atoms with Crippen LogP contribution in [0.1, 0.15) is 28.9 Å². The van der Waals surface area contributed by atoms with Gasteiger partial charge >= 0.3 is 5.97 Å². The van der Waals surface area contributed by atoms with Crippen LogP contribution in [0.3, 0.4) is 0 Å². The smallest absolute Gasteiger partial charge is 0.338 e. The number of phenols is 1. The Labute approximate surface area is 114 Å². The summed E-state index contributed by atoms with van der Waals surface area (Å²) in [5.74, 6) is -1.59. The summed E-state index contributed by atoms with van der Waals surface area (Å²) in [5.41, 5.74) is -0.382. The molecular formula is C12H13ClO6. The highest BCUT2D eigenvalue weighted by Crippen LogP contribution is 2.32. The summed E-state index contributed by atoms with van der Waals surface area (Å²) in [7, 11) is 0. The van der Waals surface area contributed by atoms with Crippen LogP contribution in [0.4, 0.5) is 0 Å². The number of carbonyl (C=O) groups is 2. The van der Waals surface area contributed by atoms with Gasteiger partial charge in [0, 0.05) is 10.6 Å². The zero-order chi connectivity index (χ0) is 14.6. The van der Waals surface area contributed by atoms with Gasteiger partial charge in [-0.3, -0.25) is 4.79 Å². The number of aliphatic hydroxyl groups excluding tert-OH is 2.